The Kier molecular flexibility index (Phi) is 12.3. The fraction of sp³-hybridized carbons (Fsp3) is 0.0526. The summed E-state index contributed by atoms with van der Waals surface area (Å²) in [4.78, 5) is 47.6. The van der Waals surface area contributed by atoms with Gasteiger partial charge in [0.1, 0.15) is 23.1 Å². The zero-order chi connectivity index (χ0) is 42.2. The van der Waals surface area contributed by atoms with E-state index in [4.69, 9.17) is 26.2 Å². The molecule has 6 aromatic heterocycles. The molecule has 0 bridgehead atoms. The van der Waals surface area contributed by atoms with Crippen LogP contribution in [0.2, 0.25) is 0 Å². The van der Waals surface area contributed by atoms with Gasteiger partial charge in [0.05, 0.1) is 0 Å². The highest BCUT2D eigenvalue weighted by Gasteiger charge is 2.31. The van der Waals surface area contributed by atoms with Crippen LogP contribution in [0.15, 0.2) is 131 Å². The average Bonchev–Trinajstić information content (AvgIpc) is 3.83. The molecule has 3 N–H and O–H groups in total. The molecular weight excluding hydrogens is 814 g/mol. The van der Waals surface area contributed by atoms with Crippen LogP contribution in [-0.2, 0) is 0 Å². The highest BCUT2D eigenvalue weighted by Crippen LogP contribution is 2.27. The monoisotopic (exact) mass is 836 g/mol. The zero-order valence-corrected chi connectivity index (χ0v) is 30.2. The molecule has 0 spiro atoms. The fourth-order valence-corrected chi connectivity index (χ4v) is 4.91. The Balaban J connectivity index is 0.000000164. The fourth-order valence-electron chi connectivity index (χ4n) is 4.78. The topological polar surface area (TPSA) is 194 Å². The molecule has 8 rings (SSSR count). The number of nitrogens with zero attached hydrogens (tertiary/aromatic N) is 6. The predicted molar refractivity (Wildman–Crippen MR) is 199 cm³/mol. The Bertz CT molecular complexity index is 2640. The molecule has 14 nitrogen and oxygen atoms in total. The molecular formula is C38H23ClF6N8O6. The van der Waals surface area contributed by atoms with Gasteiger partial charge in [0.15, 0.2) is 22.5 Å². The number of alkyl halides is 6. The summed E-state index contributed by atoms with van der Waals surface area (Å²) >= 11 is 5.09. The van der Waals surface area contributed by atoms with E-state index in [1.165, 1.54) is 18.3 Å². The van der Waals surface area contributed by atoms with Gasteiger partial charge in [0.2, 0.25) is 11.8 Å². The van der Waals surface area contributed by atoms with Crippen LogP contribution in [0.4, 0.5) is 38.0 Å². The van der Waals surface area contributed by atoms with E-state index in [0.29, 0.717) is 45.6 Å². The smallest absolute Gasteiger partial charge is 0.434 e. The lowest BCUT2D eigenvalue weighted by Crippen LogP contribution is -2.17. The number of benzene rings is 2. The predicted octanol–water partition coefficient (Wildman–Crippen LogP) is 9.27. The van der Waals surface area contributed by atoms with E-state index in [1.54, 1.807) is 61.1 Å². The number of hydrogen-bond acceptors (Lipinski definition) is 13. The first kappa shape index (κ1) is 41.0. The highest BCUT2D eigenvalue weighted by atomic mass is 35.5. The number of hydrogen-bond donors (Lipinski definition) is 2. The van der Waals surface area contributed by atoms with Crippen molar-refractivity contribution in [2.45, 2.75) is 12.7 Å². The number of fused-ring (bicyclic) bond motifs is 2. The normalized spacial score (nSPS) is 11.2. The van der Waals surface area contributed by atoms with E-state index in [0.717, 1.165) is 42.0 Å². The minimum Gasteiger partial charge on any atom is -0.434 e. The number of nitrogens with one attached hydrogen (secondary N) is 1. The molecule has 0 aliphatic heterocycles. The van der Waals surface area contributed by atoms with Gasteiger partial charge < -0.3 is 29.4 Å². The second-order valence-electron chi connectivity index (χ2n) is 11.5. The minimum atomic E-state index is -4.80. The summed E-state index contributed by atoms with van der Waals surface area (Å²) in [7, 11) is 0. The maximum atomic E-state index is 12.3. The van der Waals surface area contributed by atoms with Gasteiger partial charge in [-0.2, -0.15) is 9.97 Å². The minimum absolute atomic E-state index is 0.112. The van der Waals surface area contributed by atoms with Gasteiger partial charge in [-0.05, 0) is 109 Å². The Hall–Kier alpha value is -7.61. The van der Waals surface area contributed by atoms with Crippen molar-refractivity contribution in [3.8, 4) is 34.4 Å². The van der Waals surface area contributed by atoms with Crippen molar-refractivity contribution in [2.75, 3.05) is 11.1 Å². The highest BCUT2D eigenvalue weighted by molar-refractivity contribution is 6.67. The molecule has 0 fully saturated rings. The summed E-state index contributed by atoms with van der Waals surface area (Å²) in [5.74, 6) is 0.115. The number of aromatic nitrogens is 6. The standard InChI is InChI=1S/C19H11F3N4O3.C11H8N4O.C8H4ClF3O2/c20-19(21,22)29-13-5-3-11(4-6-13)17(27)25-15-10-12(7-9-23-15)18-26-16-14(28-18)2-1-8-24-16;12-9-6-7(3-5-13-9)11-15-10-8(16-11)2-1-4-14-10;9-7(13)5-1-3-6(4-2-5)14-8(10,11)12/h1-10H,(H,23,25,27);1-6H,(H2,12,13);1-4H. The summed E-state index contributed by atoms with van der Waals surface area (Å²) in [6.07, 6.45) is -3.17. The van der Waals surface area contributed by atoms with E-state index in [1.807, 2.05) is 6.07 Å². The van der Waals surface area contributed by atoms with Gasteiger partial charge in [0.25, 0.3) is 11.1 Å². The molecule has 0 radical (unpaired) electrons. The molecule has 0 saturated carbocycles. The van der Waals surface area contributed by atoms with Gasteiger partial charge in [-0.1, -0.05) is 0 Å². The number of carbonyl (C=O) groups is 2. The number of oxazole rings is 2. The second-order valence-corrected chi connectivity index (χ2v) is 11.8. The van der Waals surface area contributed by atoms with Crippen LogP contribution in [0.25, 0.3) is 45.4 Å². The van der Waals surface area contributed by atoms with Crippen LogP contribution < -0.4 is 20.5 Å². The van der Waals surface area contributed by atoms with Crippen molar-refractivity contribution in [3.05, 3.63) is 133 Å². The third-order valence-electron chi connectivity index (χ3n) is 7.27. The average molecular weight is 837 g/mol. The van der Waals surface area contributed by atoms with Crippen LogP contribution in [-0.4, -0.2) is 53.8 Å². The number of nitrogen functional groups attached to an aromatic ring is 1. The van der Waals surface area contributed by atoms with Crippen molar-refractivity contribution in [3.63, 3.8) is 0 Å². The van der Waals surface area contributed by atoms with E-state index in [9.17, 15) is 35.9 Å². The molecule has 300 valence electrons. The van der Waals surface area contributed by atoms with E-state index >= 15 is 0 Å². The van der Waals surface area contributed by atoms with Gasteiger partial charge >= 0.3 is 12.7 Å². The van der Waals surface area contributed by atoms with Crippen LogP contribution in [0, 0.1) is 0 Å². The maximum Gasteiger partial charge on any atom is 0.573 e. The summed E-state index contributed by atoms with van der Waals surface area (Å²) < 4.78 is 90.2. The van der Waals surface area contributed by atoms with Crippen LogP contribution in [0.5, 0.6) is 11.5 Å². The largest absolute Gasteiger partial charge is 0.573 e. The summed E-state index contributed by atoms with van der Waals surface area (Å²) in [5.41, 5.74) is 9.43. The number of nitrogens with two attached hydrogens (primary N) is 1. The lowest BCUT2D eigenvalue weighted by molar-refractivity contribution is -0.275. The number of carbonyl (C=O) groups excluding carboxylic acids is 2. The zero-order valence-electron chi connectivity index (χ0n) is 29.4. The number of ether oxygens (including phenoxy) is 2. The lowest BCUT2D eigenvalue weighted by atomic mass is 10.2. The van der Waals surface area contributed by atoms with Gasteiger partial charge in [-0.15, -0.1) is 26.3 Å². The molecule has 0 atom stereocenters. The van der Waals surface area contributed by atoms with Gasteiger partial charge in [-0.3, -0.25) is 9.59 Å². The third kappa shape index (κ3) is 11.7. The van der Waals surface area contributed by atoms with E-state index < -0.39 is 29.6 Å². The Morgan fingerprint density at radius 1 is 0.610 bits per heavy atom. The Labute approximate surface area is 331 Å². The molecule has 0 unspecified atom stereocenters. The first-order valence-electron chi connectivity index (χ1n) is 16.4. The van der Waals surface area contributed by atoms with Crippen molar-refractivity contribution in [1.82, 2.24) is 29.9 Å². The van der Waals surface area contributed by atoms with Crippen molar-refractivity contribution >= 4 is 56.8 Å². The Morgan fingerprint density at radius 3 is 1.54 bits per heavy atom. The third-order valence-corrected chi connectivity index (χ3v) is 7.49. The molecule has 0 saturated heterocycles. The molecule has 6 heterocycles. The first-order chi connectivity index (χ1) is 28.1. The van der Waals surface area contributed by atoms with Crippen LogP contribution >= 0.6 is 11.6 Å². The maximum absolute atomic E-state index is 12.3. The van der Waals surface area contributed by atoms with Gasteiger partial charge in [-0.25, -0.2) is 19.9 Å². The number of rotatable bonds is 7. The van der Waals surface area contributed by atoms with Gasteiger partial charge in [0, 0.05) is 47.0 Å². The first-order valence-corrected chi connectivity index (χ1v) is 16.8. The molecule has 21 heteroatoms. The Morgan fingerprint density at radius 2 is 1.08 bits per heavy atom. The molecule has 0 aliphatic rings. The lowest BCUT2D eigenvalue weighted by Gasteiger charge is -2.09. The van der Waals surface area contributed by atoms with Crippen molar-refractivity contribution in [2.24, 2.45) is 0 Å². The summed E-state index contributed by atoms with van der Waals surface area (Å²) in [6.45, 7) is 0. The second kappa shape index (κ2) is 17.7. The molecule has 2 aromatic carbocycles. The molecule has 8 aromatic rings. The molecule has 59 heavy (non-hydrogen) atoms. The van der Waals surface area contributed by atoms with Crippen molar-refractivity contribution < 1.29 is 54.2 Å². The number of amides is 1. The quantitative estimate of drug-likeness (QED) is 0.114. The SMILES string of the molecule is Nc1cc(-c2nc3ncccc3o2)ccn1.O=C(Cl)c1ccc(OC(F)(F)F)cc1.O=C(Nc1cc(-c2nc3ncccc3o2)ccn1)c1ccc(OC(F)(F)F)cc1. The number of pyridine rings is 4. The molecule has 1 amide bonds. The molecule has 0 aliphatic carbocycles. The number of halogens is 7. The summed E-state index contributed by atoms with van der Waals surface area (Å²) in [6, 6.07) is 22.7. The van der Waals surface area contributed by atoms with Crippen molar-refractivity contribution in [1.29, 1.82) is 0 Å². The van der Waals surface area contributed by atoms with E-state index in [2.05, 4.69) is 44.7 Å². The van der Waals surface area contributed by atoms with Crippen LogP contribution in [0.3, 0.4) is 0 Å². The van der Waals surface area contributed by atoms with Crippen LogP contribution in [0.1, 0.15) is 20.7 Å². The number of anilines is 2. The summed E-state index contributed by atoms with van der Waals surface area (Å²) in [5, 5.41) is 1.84. The van der Waals surface area contributed by atoms with E-state index in [-0.39, 0.29) is 22.7 Å².